The fourth-order valence-corrected chi connectivity index (χ4v) is 5.93. The number of halogens is 2. The van der Waals surface area contributed by atoms with E-state index < -0.39 is 24.5 Å². The van der Waals surface area contributed by atoms with Crippen molar-refractivity contribution in [2.75, 3.05) is 44.6 Å². The molecule has 2 fully saturated rings. The quantitative estimate of drug-likeness (QED) is 0.247. The zero-order valence-electron chi connectivity index (χ0n) is 25.3. The third kappa shape index (κ3) is 8.32. The van der Waals surface area contributed by atoms with Crippen molar-refractivity contribution in [2.45, 2.75) is 56.3 Å². The molecule has 2 aliphatic heterocycles. The van der Waals surface area contributed by atoms with Crippen LogP contribution in [0.2, 0.25) is 0 Å². The number of anilines is 2. The molecule has 0 saturated carbocycles. The Morgan fingerprint density at radius 1 is 1.07 bits per heavy atom. The summed E-state index contributed by atoms with van der Waals surface area (Å²) in [6.07, 6.45) is -2.18. The minimum absolute atomic E-state index is 0.169. The number of carbonyl (C=O) groups excluding carboxylic acids is 1. The minimum Gasteiger partial charge on any atom is -0.489 e. The highest BCUT2D eigenvalue weighted by molar-refractivity contribution is 5.81. The summed E-state index contributed by atoms with van der Waals surface area (Å²) in [5.74, 6) is 0.175. The molecule has 0 spiro atoms. The highest BCUT2D eigenvalue weighted by Gasteiger charge is 2.33. The summed E-state index contributed by atoms with van der Waals surface area (Å²) in [6, 6.07) is 17.3. The van der Waals surface area contributed by atoms with E-state index in [1.807, 2.05) is 12.1 Å². The number of amides is 1. The third-order valence-electron chi connectivity index (χ3n) is 8.47. The number of rotatable bonds is 11. The molecule has 4 N–H and O–H groups in total. The molecule has 13 heteroatoms. The van der Waals surface area contributed by atoms with Crippen molar-refractivity contribution in [3.05, 3.63) is 65.9 Å². The van der Waals surface area contributed by atoms with E-state index in [2.05, 4.69) is 38.4 Å². The van der Waals surface area contributed by atoms with E-state index in [0.29, 0.717) is 53.8 Å². The van der Waals surface area contributed by atoms with Crippen LogP contribution in [-0.4, -0.2) is 105 Å². The Labute approximate surface area is 266 Å². The SMILES string of the molecule is N#Cc1cc(-c2ccnc(Nc3cccc(C4CCN(C[C@H](O)CO)CC4)c3)n2)ccc1OC1CCN(C(=O)[C@@H](O)C(F)F)CC1. The molecule has 1 amide bonds. The van der Waals surface area contributed by atoms with Gasteiger partial charge in [0.2, 0.25) is 5.95 Å². The van der Waals surface area contributed by atoms with E-state index in [-0.39, 0.29) is 25.8 Å². The first-order chi connectivity index (χ1) is 22.2. The van der Waals surface area contributed by atoms with Gasteiger partial charge in [-0.2, -0.15) is 5.26 Å². The Hall–Kier alpha value is -4.22. The van der Waals surface area contributed by atoms with Crippen LogP contribution in [0.15, 0.2) is 54.7 Å². The lowest BCUT2D eigenvalue weighted by atomic mass is 9.89. The summed E-state index contributed by atoms with van der Waals surface area (Å²) in [7, 11) is 0. The highest BCUT2D eigenvalue weighted by atomic mass is 19.3. The summed E-state index contributed by atoms with van der Waals surface area (Å²) in [5.41, 5.74) is 3.68. The first-order valence-electron chi connectivity index (χ1n) is 15.4. The Morgan fingerprint density at radius 2 is 1.83 bits per heavy atom. The summed E-state index contributed by atoms with van der Waals surface area (Å²) in [6.45, 7) is 2.30. The second-order valence-corrected chi connectivity index (χ2v) is 11.7. The Kier molecular flexibility index (Phi) is 11.1. The van der Waals surface area contributed by atoms with Crippen LogP contribution in [0.1, 0.15) is 42.7 Å². The molecule has 2 atom stereocenters. The molecule has 2 saturated heterocycles. The van der Waals surface area contributed by atoms with Gasteiger partial charge in [-0.1, -0.05) is 12.1 Å². The number of ether oxygens (including phenoxy) is 1. The maximum Gasteiger partial charge on any atom is 0.273 e. The van der Waals surface area contributed by atoms with Crippen LogP contribution in [0, 0.1) is 11.3 Å². The molecule has 3 aromatic rings. The van der Waals surface area contributed by atoms with Gasteiger partial charge in [-0.15, -0.1) is 0 Å². The van der Waals surface area contributed by atoms with Crippen LogP contribution in [0.25, 0.3) is 11.3 Å². The van der Waals surface area contributed by atoms with E-state index in [9.17, 15) is 29.1 Å². The molecule has 3 heterocycles. The zero-order valence-corrected chi connectivity index (χ0v) is 25.3. The summed E-state index contributed by atoms with van der Waals surface area (Å²) in [5, 5.41) is 41.4. The number of aliphatic hydroxyl groups is 3. The number of aliphatic hydroxyl groups excluding tert-OH is 3. The summed E-state index contributed by atoms with van der Waals surface area (Å²) < 4.78 is 31.5. The number of β-amino-alcohol motifs (C(OH)–C–C–N with tert-alkyl or cyclic N) is 1. The molecule has 1 aromatic heterocycles. The van der Waals surface area contributed by atoms with Crippen LogP contribution in [-0.2, 0) is 4.79 Å². The molecule has 0 bridgehead atoms. The van der Waals surface area contributed by atoms with Crippen LogP contribution in [0.3, 0.4) is 0 Å². The fraction of sp³-hybridized carbons (Fsp3) is 0.455. The lowest BCUT2D eigenvalue weighted by Crippen LogP contribution is -2.47. The molecule has 244 valence electrons. The Bertz CT molecular complexity index is 1520. The van der Waals surface area contributed by atoms with Crippen molar-refractivity contribution in [1.82, 2.24) is 19.8 Å². The summed E-state index contributed by atoms with van der Waals surface area (Å²) in [4.78, 5) is 24.4. The molecule has 5 rings (SSSR count). The van der Waals surface area contributed by atoms with Gasteiger partial charge in [0.25, 0.3) is 12.3 Å². The maximum atomic E-state index is 12.7. The molecular weight excluding hydrogens is 598 g/mol. The van der Waals surface area contributed by atoms with Gasteiger partial charge in [0.15, 0.2) is 6.10 Å². The normalized spacial score (nSPS) is 17.8. The standard InChI is InChI=1S/C33H38F2N6O5/c34-31(35)30(44)32(45)41-14-9-27(10-15-41)46-29-5-4-23(16-24(29)18-36)28-6-11-37-33(39-28)38-25-3-1-2-22(17-25)21-7-12-40(13-8-21)19-26(43)20-42/h1-6,11,16-17,21,26-27,30-31,42-44H,7-10,12-15,19-20H2,(H,37,38,39)/t26-,30-/m0/s1. The van der Waals surface area contributed by atoms with Crippen molar-refractivity contribution in [3.8, 4) is 23.1 Å². The molecule has 0 unspecified atom stereocenters. The number of nitriles is 1. The van der Waals surface area contributed by atoms with Gasteiger partial charge in [-0.3, -0.25) is 4.79 Å². The van der Waals surface area contributed by atoms with Crippen LogP contribution >= 0.6 is 0 Å². The smallest absolute Gasteiger partial charge is 0.273 e. The second-order valence-electron chi connectivity index (χ2n) is 11.7. The van der Waals surface area contributed by atoms with Gasteiger partial charge < -0.3 is 35.2 Å². The molecule has 2 aromatic carbocycles. The number of aromatic nitrogens is 2. The average molecular weight is 637 g/mol. The molecule has 11 nitrogen and oxygen atoms in total. The Balaban J connectivity index is 1.20. The van der Waals surface area contributed by atoms with Gasteiger partial charge in [0, 0.05) is 49.9 Å². The van der Waals surface area contributed by atoms with Gasteiger partial charge in [-0.25, -0.2) is 18.7 Å². The van der Waals surface area contributed by atoms with E-state index in [1.165, 1.54) is 10.5 Å². The lowest BCUT2D eigenvalue weighted by Gasteiger charge is -2.33. The first kappa shape index (κ1) is 33.2. The van der Waals surface area contributed by atoms with E-state index in [0.717, 1.165) is 31.6 Å². The molecule has 0 aliphatic carbocycles. The maximum absolute atomic E-state index is 12.7. The predicted octanol–water partition coefficient (Wildman–Crippen LogP) is 3.29. The number of carbonyl (C=O) groups is 1. The topological polar surface area (TPSA) is 155 Å². The monoisotopic (exact) mass is 636 g/mol. The number of alkyl halides is 2. The zero-order chi connectivity index (χ0) is 32.6. The summed E-state index contributed by atoms with van der Waals surface area (Å²) >= 11 is 0. The van der Waals surface area contributed by atoms with Crippen molar-refractivity contribution < 1.29 is 33.6 Å². The van der Waals surface area contributed by atoms with Gasteiger partial charge in [0.05, 0.1) is 24.0 Å². The van der Waals surface area contributed by atoms with E-state index >= 15 is 0 Å². The Morgan fingerprint density at radius 3 is 2.52 bits per heavy atom. The number of likely N-dealkylation sites (tertiary alicyclic amines) is 2. The molecule has 0 radical (unpaired) electrons. The minimum atomic E-state index is -3.13. The highest BCUT2D eigenvalue weighted by Crippen LogP contribution is 2.31. The molecular formula is C33H38F2N6O5. The van der Waals surface area contributed by atoms with Crippen molar-refractivity contribution >= 4 is 17.5 Å². The number of hydrogen-bond acceptors (Lipinski definition) is 10. The third-order valence-corrected chi connectivity index (χ3v) is 8.47. The van der Waals surface area contributed by atoms with E-state index in [1.54, 1.807) is 30.5 Å². The van der Waals surface area contributed by atoms with Gasteiger partial charge in [-0.05, 0) is 73.8 Å². The van der Waals surface area contributed by atoms with Crippen molar-refractivity contribution in [2.24, 2.45) is 0 Å². The van der Waals surface area contributed by atoms with Gasteiger partial charge >= 0.3 is 0 Å². The van der Waals surface area contributed by atoms with Crippen molar-refractivity contribution in [1.29, 1.82) is 5.26 Å². The second kappa shape index (κ2) is 15.4. The fourth-order valence-electron chi connectivity index (χ4n) is 5.93. The van der Waals surface area contributed by atoms with Crippen LogP contribution in [0.4, 0.5) is 20.4 Å². The largest absolute Gasteiger partial charge is 0.489 e. The predicted molar refractivity (Wildman–Crippen MR) is 166 cm³/mol. The van der Waals surface area contributed by atoms with Crippen LogP contribution < -0.4 is 10.1 Å². The molecule has 2 aliphatic rings. The first-order valence-corrected chi connectivity index (χ1v) is 15.4. The number of hydrogen-bond donors (Lipinski definition) is 4. The van der Waals surface area contributed by atoms with Crippen LogP contribution in [0.5, 0.6) is 5.75 Å². The van der Waals surface area contributed by atoms with E-state index in [4.69, 9.17) is 9.84 Å². The number of nitrogens with one attached hydrogen (secondary N) is 1. The number of benzene rings is 2. The number of nitrogens with zero attached hydrogens (tertiary/aromatic N) is 5. The number of piperidine rings is 2. The van der Waals surface area contributed by atoms with Gasteiger partial charge in [0.1, 0.15) is 17.9 Å². The lowest BCUT2D eigenvalue weighted by molar-refractivity contribution is -0.150. The molecule has 46 heavy (non-hydrogen) atoms. The van der Waals surface area contributed by atoms with Crippen molar-refractivity contribution in [3.63, 3.8) is 0 Å². The average Bonchev–Trinajstić information content (AvgIpc) is 3.08.